The first kappa shape index (κ1) is 22.2. The lowest BCUT2D eigenvalue weighted by Crippen LogP contribution is -2.51. The molecule has 162 valence electrons. The fourth-order valence-electron chi connectivity index (χ4n) is 3.40. The Morgan fingerprint density at radius 1 is 0.935 bits per heavy atom. The van der Waals surface area contributed by atoms with E-state index >= 15 is 0 Å². The van der Waals surface area contributed by atoms with E-state index in [1.807, 2.05) is 67.6 Å². The van der Waals surface area contributed by atoms with E-state index in [0.29, 0.717) is 23.4 Å². The Morgan fingerprint density at radius 3 is 1.94 bits per heavy atom. The van der Waals surface area contributed by atoms with Gasteiger partial charge in [-0.05, 0) is 18.1 Å². The SMILES string of the molecule is CCOC(c1ccccc1)(c1ccccc1)C(Oc1nc(CC)nc(OC)n1)C(=O)O. The molecule has 3 rings (SSSR count). The average molecular weight is 423 g/mol. The highest BCUT2D eigenvalue weighted by Crippen LogP contribution is 2.39. The van der Waals surface area contributed by atoms with Crippen molar-refractivity contribution in [2.24, 2.45) is 0 Å². The van der Waals surface area contributed by atoms with Crippen molar-refractivity contribution in [1.29, 1.82) is 0 Å². The summed E-state index contributed by atoms with van der Waals surface area (Å²) in [5, 5.41) is 10.3. The van der Waals surface area contributed by atoms with Crippen molar-refractivity contribution < 1.29 is 24.1 Å². The first-order valence-electron chi connectivity index (χ1n) is 9.98. The van der Waals surface area contributed by atoms with Gasteiger partial charge in [-0.2, -0.15) is 9.97 Å². The lowest BCUT2D eigenvalue weighted by molar-refractivity contribution is -0.163. The minimum atomic E-state index is -1.49. The molecule has 8 heteroatoms. The normalized spacial score (nSPS) is 12.2. The number of carbonyl (C=O) groups is 1. The molecule has 0 aliphatic heterocycles. The van der Waals surface area contributed by atoms with Gasteiger partial charge in [-0.1, -0.05) is 67.6 Å². The zero-order valence-corrected chi connectivity index (χ0v) is 17.7. The third-order valence-electron chi connectivity index (χ3n) is 4.73. The monoisotopic (exact) mass is 423 g/mol. The molecule has 1 aromatic heterocycles. The Bertz CT molecular complexity index is 937. The van der Waals surface area contributed by atoms with E-state index < -0.39 is 17.7 Å². The summed E-state index contributed by atoms with van der Waals surface area (Å²) in [5.74, 6) is -0.800. The quantitative estimate of drug-likeness (QED) is 0.530. The maximum absolute atomic E-state index is 12.6. The van der Waals surface area contributed by atoms with Gasteiger partial charge >= 0.3 is 18.0 Å². The Kier molecular flexibility index (Phi) is 7.15. The number of aryl methyl sites for hydroxylation is 1. The highest BCUT2D eigenvalue weighted by Gasteiger charge is 2.50. The van der Waals surface area contributed by atoms with Crippen molar-refractivity contribution in [3.8, 4) is 12.0 Å². The molecular weight excluding hydrogens is 398 g/mol. The number of aliphatic carboxylic acids is 1. The number of benzene rings is 2. The van der Waals surface area contributed by atoms with Crippen LogP contribution in [0.2, 0.25) is 0 Å². The van der Waals surface area contributed by atoms with Crippen LogP contribution in [0, 0.1) is 0 Å². The standard InChI is InChI=1S/C23H25N3O5/c1-4-18-24-21(29-3)26-22(25-18)31-19(20(27)28)23(30-5-2,16-12-8-6-9-13-16)17-14-10-7-11-15-17/h6-15,19H,4-5H2,1-3H3,(H,27,28). The number of hydrogen-bond acceptors (Lipinski definition) is 7. The number of ether oxygens (including phenoxy) is 3. The fourth-order valence-corrected chi connectivity index (χ4v) is 3.40. The Labute approximate surface area is 180 Å². The highest BCUT2D eigenvalue weighted by molar-refractivity contribution is 5.76. The summed E-state index contributed by atoms with van der Waals surface area (Å²) in [6, 6.07) is 18.2. The van der Waals surface area contributed by atoms with Crippen LogP contribution in [-0.2, 0) is 21.6 Å². The molecule has 0 bridgehead atoms. The lowest BCUT2D eigenvalue weighted by atomic mass is 9.81. The van der Waals surface area contributed by atoms with E-state index in [0.717, 1.165) is 0 Å². The summed E-state index contributed by atoms with van der Waals surface area (Å²) >= 11 is 0. The molecule has 0 radical (unpaired) electrons. The van der Waals surface area contributed by atoms with Crippen molar-refractivity contribution >= 4 is 5.97 Å². The van der Waals surface area contributed by atoms with Gasteiger partial charge in [0.2, 0.25) is 6.10 Å². The predicted molar refractivity (Wildman–Crippen MR) is 113 cm³/mol. The second kappa shape index (κ2) is 9.99. The lowest BCUT2D eigenvalue weighted by Gasteiger charge is -2.38. The number of nitrogens with zero attached hydrogens (tertiary/aromatic N) is 3. The van der Waals surface area contributed by atoms with Crippen molar-refractivity contribution in [2.75, 3.05) is 13.7 Å². The molecule has 31 heavy (non-hydrogen) atoms. The van der Waals surface area contributed by atoms with Crippen LogP contribution >= 0.6 is 0 Å². The smallest absolute Gasteiger partial charge is 0.348 e. The van der Waals surface area contributed by atoms with Crippen LogP contribution in [0.1, 0.15) is 30.8 Å². The van der Waals surface area contributed by atoms with Gasteiger partial charge < -0.3 is 19.3 Å². The minimum absolute atomic E-state index is 0.0485. The number of methoxy groups -OCH3 is 1. The summed E-state index contributed by atoms with van der Waals surface area (Å²) in [5.41, 5.74) is -0.186. The molecule has 0 fully saturated rings. The molecule has 3 aromatic rings. The van der Waals surface area contributed by atoms with Gasteiger partial charge in [-0.3, -0.25) is 0 Å². The molecule has 0 amide bonds. The zero-order valence-electron chi connectivity index (χ0n) is 17.7. The molecule has 1 heterocycles. The van der Waals surface area contributed by atoms with Crippen LogP contribution in [-0.4, -0.2) is 45.8 Å². The van der Waals surface area contributed by atoms with Crippen molar-refractivity contribution in [3.63, 3.8) is 0 Å². The van der Waals surface area contributed by atoms with Gasteiger partial charge in [-0.25, -0.2) is 4.79 Å². The molecule has 0 saturated carbocycles. The largest absolute Gasteiger partial charge is 0.478 e. The van der Waals surface area contributed by atoms with E-state index in [1.165, 1.54) is 7.11 Å². The molecular formula is C23H25N3O5. The summed E-state index contributed by atoms with van der Waals surface area (Å²) in [6.07, 6.45) is -0.991. The van der Waals surface area contributed by atoms with Gasteiger partial charge in [0.05, 0.1) is 7.11 Å². The third kappa shape index (κ3) is 4.64. The average Bonchev–Trinajstić information content (AvgIpc) is 2.82. The molecule has 0 aliphatic rings. The minimum Gasteiger partial charge on any atom is -0.478 e. The predicted octanol–water partition coefficient (Wildman–Crippen LogP) is 3.25. The molecule has 0 saturated heterocycles. The summed E-state index contributed by atoms with van der Waals surface area (Å²) in [4.78, 5) is 25.0. The van der Waals surface area contributed by atoms with Crippen LogP contribution in [0.4, 0.5) is 0 Å². The second-order valence-corrected chi connectivity index (χ2v) is 6.61. The van der Waals surface area contributed by atoms with Crippen LogP contribution in [0.15, 0.2) is 60.7 Å². The number of rotatable bonds is 10. The van der Waals surface area contributed by atoms with Crippen molar-refractivity contribution in [1.82, 2.24) is 15.0 Å². The van der Waals surface area contributed by atoms with Crippen LogP contribution in [0.5, 0.6) is 12.0 Å². The molecule has 0 spiro atoms. The van der Waals surface area contributed by atoms with E-state index in [-0.39, 0.29) is 18.6 Å². The number of carboxylic acid groups (broad SMARTS) is 1. The molecule has 8 nitrogen and oxygen atoms in total. The van der Waals surface area contributed by atoms with Crippen LogP contribution in [0.3, 0.4) is 0 Å². The van der Waals surface area contributed by atoms with Gasteiger partial charge in [0, 0.05) is 13.0 Å². The molecule has 1 atom stereocenters. The Hall–Kier alpha value is -3.52. The van der Waals surface area contributed by atoms with Gasteiger partial charge in [0.25, 0.3) is 0 Å². The zero-order chi connectivity index (χ0) is 22.3. The van der Waals surface area contributed by atoms with Gasteiger partial charge in [0.1, 0.15) is 5.82 Å². The maximum Gasteiger partial charge on any atom is 0.348 e. The summed E-state index contributed by atoms with van der Waals surface area (Å²) < 4.78 is 17.2. The molecule has 1 unspecified atom stereocenters. The number of carboxylic acids is 1. The van der Waals surface area contributed by atoms with Crippen LogP contribution < -0.4 is 9.47 Å². The van der Waals surface area contributed by atoms with Gasteiger partial charge in [0.15, 0.2) is 5.60 Å². The third-order valence-corrected chi connectivity index (χ3v) is 4.73. The fraction of sp³-hybridized carbons (Fsp3) is 0.304. The van der Waals surface area contributed by atoms with Gasteiger partial charge in [-0.15, -0.1) is 4.98 Å². The Morgan fingerprint density at radius 2 is 1.48 bits per heavy atom. The maximum atomic E-state index is 12.6. The summed E-state index contributed by atoms with van der Waals surface area (Å²) in [7, 11) is 1.42. The number of hydrogen-bond donors (Lipinski definition) is 1. The van der Waals surface area contributed by atoms with Crippen molar-refractivity contribution in [3.05, 3.63) is 77.6 Å². The molecule has 0 aliphatic carbocycles. The molecule has 2 aromatic carbocycles. The summed E-state index contributed by atoms with van der Waals surface area (Å²) in [6.45, 7) is 3.92. The second-order valence-electron chi connectivity index (χ2n) is 6.61. The first-order valence-corrected chi connectivity index (χ1v) is 9.98. The topological polar surface area (TPSA) is 104 Å². The first-order chi connectivity index (χ1) is 15.0. The van der Waals surface area contributed by atoms with E-state index in [4.69, 9.17) is 14.2 Å². The number of aromatic nitrogens is 3. The molecule has 1 N–H and O–H groups in total. The van der Waals surface area contributed by atoms with E-state index in [1.54, 1.807) is 6.92 Å². The Balaban J connectivity index is 2.20. The van der Waals surface area contributed by atoms with E-state index in [2.05, 4.69) is 15.0 Å². The van der Waals surface area contributed by atoms with Crippen LogP contribution in [0.25, 0.3) is 0 Å². The van der Waals surface area contributed by atoms with Crippen molar-refractivity contribution in [2.45, 2.75) is 32.0 Å². The highest BCUT2D eigenvalue weighted by atomic mass is 16.6. The van der Waals surface area contributed by atoms with E-state index in [9.17, 15) is 9.90 Å².